The molecule has 0 aliphatic heterocycles. The summed E-state index contributed by atoms with van der Waals surface area (Å²) >= 11 is 0. The summed E-state index contributed by atoms with van der Waals surface area (Å²) in [6.45, 7) is 1.43. The van der Waals surface area contributed by atoms with E-state index in [-0.39, 0.29) is 22.2 Å². The van der Waals surface area contributed by atoms with Crippen molar-refractivity contribution in [2.45, 2.75) is 32.1 Å². The predicted octanol–water partition coefficient (Wildman–Crippen LogP) is 5.68. The number of para-hydroxylation sites is 1. The molecular formula is C26H24F3N3O4S. The van der Waals surface area contributed by atoms with Gasteiger partial charge in [0, 0.05) is 22.8 Å². The molecule has 0 bridgehead atoms. The zero-order valence-electron chi connectivity index (χ0n) is 20.1. The number of hydrogen-bond donors (Lipinski definition) is 2. The summed E-state index contributed by atoms with van der Waals surface area (Å²) in [6.07, 6.45) is 0. The molecule has 0 spiro atoms. The number of anilines is 1. The lowest BCUT2D eigenvalue weighted by Gasteiger charge is -2.20. The number of amides is 1. The van der Waals surface area contributed by atoms with E-state index in [9.17, 15) is 26.4 Å². The molecule has 0 aliphatic rings. The molecule has 0 radical (unpaired) electrons. The van der Waals surface area contributed by atoms with Gasteiger partial charge in [-0.1, -0.05) is 30.3 Å². The summed E-state index contributed by atoms with van der Waals surface area (Å²) in [4.78, 5) is 12.6. The molecule has 4 rings (SSSR count). The first-order valence-electron chi connectivity index (χ1n) is 11.1. The smallest absolute Gasteiger partial charge is 0.387 e. The lowest BCUT2D eigenvalue weighted by Crippen LogP contribution is -2.33. The fourth-order valence-electron chi connectivity index (χ4n) is 3.85. The van der Waals surface area contributed by atoms with Crippen molar-refractivity contribution < 1.29 is 31.1 Å². The lowest BCUT2D eigenvalue weighted by molar-refractivity contribution is -0.0520. The molecule has 1 amide bonds. The number of nitrogens with two attached hydrogens (primary N) is 1. The SMILES string of the molecule is CC(C)(C)S(=O)(=O)Nc1ccc(-c2c(C(N)=O)c3cc(F)c(OC(F)F)cc3n2-c2ccccc2)cc1. The molecule has 3 N–H and O–H groups in total. The monoisotopic (exact) mass is 531 g/mol. The number of nitrogens with zero attached hydrogens (tertiary/aromatic N) is 1. The maximum atomic E-state index is 14.7. The third kappa shape index (κ3) is 4.99. The first-order chi connectivity index (χ1) is 17.3. The standard InChI is InChI=1S/C26H24F3N3O4S/c1-26(2,3)37(34,35)31-16-11-9-15(10-12-16)23-22(24(30)33)18-13-19(27)21(36-25(28)29)14-20(18)32(23)17-7-5-4-6-8-17/h4-14,25,31H,1-3H3,(H2,30,33). The molecule has 0 aliphatic carbocycles. The summed E-state index contributed by atoms with van der Waals surface area (Å²) in [5, 5.41) is 0.1000. The quantitative estimate of drug-likeness (QED) is 0.320. The van der Waals surface area contributed by atoms with E-state index in [0.717, 1.165) is 12.1 Å². The second kappa shape index (κ2) is 9.47. The Bertz CT molecular complexity index is 1580. The fourth-order valence-corrected chi connectivity index (χ4v) is 4.60. The number of benzene rings is 3. The van der Waals surface area contributed by atoms with E-state index in [0.29, 0.717) is 16.9 Å². The Morgan fingerprint density at radius 3 is 2.19 bits per heavy atom. The number of ether oxygens (including phenoxy) is 1. The van der Waals surface area contributed by atoms with Crippen molar-refractivity contribution in [3.8, 4) is 22.7 Å². The van der Waals surface area contributed by atoms with Gasteiger partial charge in [-0.25, -0.2) is 12.8 Å². The van der Waals surface area contributed by atoms with Gasteiger partial charge in [-0.2, -0.15) is 8.78 Å². The molecule has 11 heteroatoms. The van der Waals surface area contributed by atoms with Crippen LogP contribution in [0.5, 0.6) is 5.75 Å². The van der Waals surface area contributed by atoms with Gasteiger partial charge in [-0.3, -0.25) is 9.52 Å². The molecule has 37 heavy (non-hydrogen) atoms. The van der Waals surface area contributed by atoms with Gasteiger partial charge in [0.2, 0.25) is 10.0 Å². The number of sulfonamides is 1. The Balaban J connectivity index is 1.98. The fraction of sp³-hybridized carbons (Fsp3) is 0.192. The number of alkyl halides is 2. The van der Waals surface area contributed by atoms with Crippen LogP contribution in [0.3, 0.4) is 0 Å². The van der Waals surface area contributed by atoms with Gasteiger partial charge < -0.3 is 15.0 Å². The van der Waals surface area contributed by atoms with Crippen LogP contribution in [-0.4, -0.2) is 30.3 Å². The average Bonchev–Trinajstić information content (AvgIpc) is 3.13. The number of nitrogens with one attached hydrogen (secondary N) is 1. The van der Waals surface area contributed by atoms with Crippen LogP contribution in [0.2, 0.25) is 0 Å². The zero-order valence-corrected chi connectivity index (χ0v) is 20.9. The maximum absolute atomic E-state index is 14.7. The largest absolute Gasteiger partial charge is 0.432 e. The van der Waals surface area contributed by atoms with Gasteiger partial charge in [-0.05, 0) is 56.7 Å². The van der Waals surface area contributed by atoms with E-state index in [1.807, 2.05) is 0 Å². The number of fused-ring (bicyclic) bond motifs is 1. The molecule has 4 aromatic rings. The molecule has 7 nitrogen and oxygen atoms in total. The molecule has 0 saturated carbocycles. The number of aromatic nitrogens is 1. The molecule has 0 saturated heterocycles. The van der Waals surface area contributed by atoms with Gasteiger partial charge in [0.1, 0.15) is 0 Å². The number of primary amides is 1. The summed E-state index contributed by atoms with van der Waals surface area (Å²) in [5.41, 5.74) is 7.45. The van der Waals surface area contributed by atoms with Gasteiger partial charge >= 0.3 is 6.61 Å². The predicted molar refractivity (Wildman–Crippen MR) is 136 cm³/mol. The Morgan fingerprint density at radius 1 is 1.03 bits per heavy atom. The van der Waals surface area contributed by atoms with Crippen LogP contribution in [0.1, 0.15) is 31.1 Å². The molecule has 1 aromatic heterocycles. The molecular weight excluding hydrogens is 507 g/mol. The Kier molecular flexibility index (Phi) is 6.68. The number of halogens is 3. The van der Waals surface area contributed by atoms with Crippen LogP contribution in [0, 0.1) is 5.82 Å². The van der Waals surface area contributed by atoms with Gasteiger partial charge in [0.25, 0.3) is 5.91 Å². The zero-order chi connectivity index (χ0) is 27.1. The Labute approximate surface area is 211 Å². The summed E-state index contributed by atoms with van der Waals surface area (Å²) < 4.78 is 73.0. The minimum absolute atomic E-state index is 0.0376. The van der Waals surface area contributed by atoms with E-state index >= 15 is 0 Å². The third-order valence-electron chi connectivity index (χ3n) is 5.71. The third-order valence-corrected chi connectivity index (χ3v) is 7.83. The van der Waals surface area contributed by atoms with Crippen molar-refractivity contribution >= 4 is 32.5 Å². The van der Waals surface area contributed by atoms with Gasteiger partial charge in [-0.15, -0.1) is 0 Å². The highest BCUT2D eigenvalue weighted by molar-refractivity contribution is 7.94. The highest BCUT2D eigenvalue weighted by Gasteiger charge is 2.29. The molecule has 0 fully saturated rings. The molecule has 3 aromatic carbocycles. The number of hydrogen-bond acceptors (Lipinski definition) is 4. The summed E-state index contributed by atoms with van der Waals surface area (Å²) in [7, 11) is -3.69. The van der Waals surface area contributed by atoms with Crippen LogP contribution < -0.4 is 15.2 Å². The van der Waals surface area contributed by atoms with E-state index in [1.54, 1.807) is 67.8 Å². The number of carbonyl (C=O) groups is 1. The summed E-state index contributed by atoms with van der Waals surface area (Å²) in [5.74, 6) is -2.64. The van der Waals surface area contributed by atoms with Gasteiger partial charge in [0.15, 0.2) is 11.6 Å². The van der Waals surface area contributed by atoms with Crippen LogP contribution in [0.4, 0.5) is 18.9 Å². The first-order valence-corrected chi connectivity index (χ1v) is 12.6. The molecule has 1 heterocycles. The number of rotatable bonds is 7. The van der Waals surface area contributed by atoms with Crippen LogP contribution in [0.25, 0.3) is 27.8 Å². The van der Waals surface area contributed by atoms with E-state index < -0.39 is 38.9 Å². The van der Waals surface area contributed by atoms with Crippen molar-refractivity contribution in [3.63, 3.8) is 0 Å². The molecule has 0 atom stereocenters. The highest BCUT2D eigenvalue weighted by Crippen LogP contribution is 2.39. The lowest BCUT2D eigenvalue weighted by atomic mass is 10.0. The van der Waals surface area contributed by atoms with Crippen molar-refractivity contribution in [1.29, 1.82) is 0 Å². The van der Waals surface area contributed by atoms with Crippen molar-refractivity contribution in [3.05, 3.63) is 78.1 Å². The second-order valence-electron chi connectivity index (χ2n) is 9.23. The van der Waals surface area contributed by atoms with Gasteiger partial charge in [0.05, 0.1) is 21.5 Å². The van der Waals surface area contributed by atoms with E-state index in [4.69, 9.17) is 5.73 Å². The van der Waals surface area contributed by atoms with E-state index in [2.05, 4.69) is 9.46 Å². The molecule has 194 valence electrons. The van der Waals surface area contributed by atoms with Crippen molar-refractivity contribution in [2.24, 2.45) is 5.73 Å². The minimum Gasteiger partial charge on any atom is -0.432 e. The first kappa shape index (κ1) is 26.1. The van der Waals surface area contributed by atoms with Crippen LogP contribution in [0.15, 0.2) is 66.7 Å². The number of carbonyl (C=O) groups excluding carboxylic acids is 1. The van der Waals surface area contributed by atoms with Crippen LogP contribution in [-0.2, 0) is 10.0 Å². The van der Waals surface area contributed by atoms with E-state index in [1.165, 1.54) is 12.1 Å². The van der Waals surface area contributed by atoms with Crippen LogP contribution >= 0.6 is 0 Å². The Hall–Kier alpha value is -3.99. The normalized spacial score (nSPS) is 12.2. The Morgan fingerprint density at radius 2 is 1.65 bits per heavy atom. The minimum atomic E-state index is -3.69. The maximum Gasteiger partial charge on any atom is 0.387 e. The van der Waals surface area contributed by atoms with Crippen molar-refractivity contribution in [2.75, 3.05) is 4.72 Å². The van der Waals surface area contributed by atoms with Crippen molar-refractivity contribution in [1.82, 2.24) is 4.57 Å². The second-order valence-corrected chi connectivity index (χ2v) is 11.7. The summed E-state index contributed by atoms with van der Waals surface area (Å²) in [6, 6.07) is 16.9. The highest BCUT2D eigenvalue weighted by atomic mass is 32.2. The molecule has 0 unspecified atom stereocenters. The average molecular weight is 532 g/mol. The topological polar surface area (TPSA) is 103 Å².